The average Bonchev–Trinajstić information content (AvgIpc) is 2.26. The smallest absolute Gasteiger partial charge is 0.337 e. The van der Waals surface area contributed by atoms with Crippen LogP contribution in [0.2, 0.25) is 0 Å². The SMILES string of the molecule is CC(COc1cncc(C(=O)O)c1)C(N)=O. The van der Waals surface area contributed by atoms with Crippen molar-refractivity contribution in [1.29, 1.82) is 0 Å². The van der Waals surface area contributed by atoms with E-state index in [0.29, 0.717) is 5.75 Å². The summed E-state index contributed by atoms with van der Waals surface area (Å²) in [6.45, 7) is 1.72. The lowest BCUT2D eigenvalue weighted by molar-refractivity contribution is -0.122. The lowest BCUT2D eigenvalue weighted by Gasteiger charge is -2.09. The topological polar surface area (TPSA) is 103 Å². The van der Waals surface area contributed by atoms with Crippen molar-refractivity contribution >= 4 is 11.9 Å². The molecule has 1 aromatic rings. The van der Waals surface area contributed by atoms with Gasteiger partial charge in [-0.15, -0.1) is 0 Å². The lowest BCUT2D eigenvalue weighted by atomic mass is 10.2. The monoisotopic (exact) mass is 224 g/mol. The standard InChI is InChI=1S/C10H12N2O4/c1-6(9(11)13)5-16-8-2-7(10(14)15)3-12-4-8/h2-4,6H,5H2,1H3,(H2,11,13)(H,14,15). The van der Waals surface area contributed by atoms with Crippen molar-refractivity contribution in [3.63, 3.8) is 0 Å². The minimum Gasteiger partial charge on any atom is -0.491 e. The number of nitrogens with zero attached hydrogens (tertiary/aromatic N) is 1. The largest absolute Gasteiger partial charge is 0.491 e. The van der Waals surface area contributed by atoms with Gasteiger partial charge < -0.3 is 15.6 Å². The van der Waals surface area contributed by atoms with E-state index in [1.807, 2.05) is 0 Å². The number of aromatic nitrogens is 1. The summed E-state index contributed by atoms with van der Waals surface area (Å²) >= 11 is 0. The van der Waals surface area contributed by atoms with Crippen LogP contribution in [-0.4, -0.2) is 28.6 Å². The van der Waals surface area contributed by atoms with Gasteiger partial charge in [0.2, 0.25) is 5.91 Å². The molecular formula is C10H12N2O4. The molecule has 1 amide bonds. The van der Waals surface area contributed by atoms with Gasteiger partial charge in [-0.05, 0) is 6.07 Å². The maximum atomic E-state index is 10.7. The van der Waals surface area contributed by atoms with Crippen LogP contribution in [0.15, 0.2) is 18.5 Å². The summed E-state index contributed by atoms with van der Waals surface area (Å²) in [6.07, 6.45) is 2.59. The molecule has 0 saturated heterocycles. The number of carboxylic acids is 1. The highest BCUT2D eigenvalue weighted by molar-refractivity contribution is 5.87. The van der Waals surface area contributed by atoms with Crippen LogP contribution in [0.25, 0.3) is 0 Å². The Morgan fingerprint density at radius 3 is 2.81 bits per heavy atom. The Balaban J connectivity index is 2.64. The highest BCUT2D eigenvalue weighted by Gasteiger charge is 2.10. The molecule has 0 fully saturated rings. The third-order valence-electron chi connectivity index (χ3n) is 1.95. The van der Waals surface area contributed by atoms with E-state index in [1.165, 1.54) is 18.5 Å². The van der Waals surface area contributed by atoms with E-state index in [9.17, 15) is 9.59 Å². The minimum absolute atomic E-state index is 0.0317. The second-order valence-electron chi connectivity index (χ2n) is 3.33. The molecule has 86 valence electrons. The molecule has 0 aliphatic carbocycles. The number of ether oxygens (including phenoxy) is 1. The van der Waals surface area contributed by atoms with E-state index < -0.39 is 17.8 Å². The molecule has 6 heteroatoms. The number of carboxylic acid groups (broad SMARTS) is 1. The van der Waals surface area contributed by atoms with Crippen molar-refractivity contribution in [2.45, 2.75) is 6.92 Å². The van der Waals surface area contributed by atoms with Crippen molar-refractivity contribution in [1.82, 2.24) is 4.98 Å². The first-order valence-electron chi connectivity index (χ1n) is 4.61. The summed E-state index contributed by atoms with van der Waals surface area (Å²) in [5.74, 6) is -1.69. The van der Waals surface area contributed by atoms with Gasteiger partial charge in [-0.1, -0.05) is 6.92 Å². The van der Waals surface area contributed by atoms with E-state index >= 15 is 0 Å². The summed E-state index contributed by atoms with van der Waals surface area (Å²) in [7, 11) is 0. The predicted octanol–water partition coefficient (Wildman–Crippen LogP) is 0.280. The summed E-state index contributed by atoms with van der Waals surface area (Å²) in [4.78, 5) is 25.1. The van der Waals surface area contributed by atoms with Gasteiger partial charge in [0.1, 0.15) is 5.75 Å². The van der Waals surface area contributed by atoms with Crippen molar-refractivity contribution in [2.24, 2.45) is 11.7 Å². The molecule has 1 atom stereocenters. The quantitative estimate of drug-likeness (QED) is 0.747. The van der Waals surface area contributed by atoms with E-state index in [0.717, 1.165) is 0 Å². The number of hydrogen-bond acceptors (Lipinski definition) is 4. The first-order chi connectivity index (χ1) is 7.50. The van der Waals surface area contributed by atoms with E-state index in [2.05, 4.69) is 4.98 Å². The molecule has 3 N–H and O–H groups in total. The van der Waals surface area contributed by atoms with E-state index in [1.54, 1.807) is 6.92 Å². The van der Waals surface area contributed by atoms with Crippen molar-refractivity contribution < 1.29 is 19.4 Å². The van der Waals surface area contributed by atoms with E-state index in [-0.39, 0.29) is 12.2 Å². The van der Waals surface area contributed by atoms with Crippen molar-refractivity contribution in [2.75, 3.05) is 6.61 Å². The average molecular weight is 224 g/mol. The molecule has 16 heavy (non-hydrogen) atoms. The molecule has 0 spiro atoms. The molecule has 0 aliphatic rings. The third kappa shape index (κ3) is 3.23. The third-order valence-corrected chi connectivity index (χ3v) is 1.95. The van der Waals surface area contributed by atoms with Crippen LogP contribution in [0.4, 0.5) is 0 Å². The normalized spacial score (nSPS) is 11.8. The molecule has 1 rings (SSSR count). The van der Waals surface area contributed by atoms with Gasteiger partial charge in [0, 0.05) is 6.20 Å². The number of nitrogens with two attached hydrogens (primary N) is 1. The van der Waals surface area contributed by atoms with Crippen LogP contribution in [0.1, 0.15) is 17.3 Å². The van der Waals surface area contributed by atoms with Gasteiger partial charge in [0.05, 0.1) is 24.3 Å². The molecular weight excluding hydrogens is 212 g/mol. The summed E-state index contributed by atoms with van der Waals surface area (Å²) < 4.78 is 5.19. The molecule has 0 aromatic carbocycles. The molecule has 1 unspecified atom stereocenters. The van der Waals surface area contributed by atoms with Gasteiger partial charge in [0.15, 0.2) is 0 Å². The second kappa shape index (κ2) is 5.11. The first kappa shape index (κ1) is 12.0. The van der Waals surface area contributed by atoms with Crippen LogP contribution in [0, 0.1) is 5.92 Å². The zero-order chi connectivity index (χ0) is 12.1. The number of aromatic carboxylic acids is 1. The minimum atomic E-state index is -1.08. The molecule has 6 nitrogen and oxygen atoms in total. The Kier molecular flexibility index (Phi) is 3.82. The highest BCUT2D eigenvalue weighted by Crippen LogP contribution is 2.12. The zero-order valence-corrected chi connectivity index (χ0v) is 8.71. The molecule has 0 aliphatic heterocycles. The molecule has 0 saturated carbocycles. The number of carbonyl (C=O) groups excluding carboxylic acids is 1. The Labute approximate surface area is 92.0 Å². The molecule has 1 aromatic heterocycles. The summed E-state index contributed by atoms with van der Waals surface area (Å²) in [5.41, 5.74) is 5.08. The molecule has 0 radical (unpaired) electrons. The van der Waals surface area contributed by atoms with Crippen LogP contribution < -0.4 is 10.5 Å². The summed E-state index contributed by atoms with van der Waals surface area (Å²) in [5, 5.41) is 8.71. The molecule has 1 heterocycles. The van der Waals surface area contributed by atoms with Gasteiger partial charge in [-0.3, -0.25) is 9.78 Å². The van der Waals surface area contributed by atoms with Gasteiger partial charge in [-0.25, -0.2) is 4.79 Å². The molecule has 0 bridgehead atoms. The lowest BCUT2D eigenvalue weighted by Crippen LogP contribution is -2.25. The number of hydrogen-bond donors (Lipinski definition) is 2. The van der Waals surface area contributed by atoms with Crippen molar-refractivity contribution in [3.8, 4) is 5.75 Å². The van der Waals surface area contributed by atoms with Crippen LogP contribution in [-0.2, 0) is 4.79 Å². The number of pyridine rings is 1. The first-order valence-corrected chi connectivity index (χ1v) is 4.61. The fourth-order valence-electron chi connectivity index (χ4n) is 0.918. The zero-order valence-electron chi connectivity index (χ0n) is 8.71. The van der Waals surface area contributed by atoms with Crippen LogP contribution in [0.3, 0.4) is 0 Å². The maximum Gasteiger partial charge on any atom is 0.337 e. The van der Waals surface area contributed by atoms with E-state index in [4.69, 9.17) is 15.6 Å². The number of carbonyl (C=O) groups is 2. The Morgan fingerprint density at radius 1 is 1.56 bits per heavy atom. The maximum absolute atomic E-state index is 10.7. The van der Waals surface area contributed by atoms with Crippen LogP contribution >= 0.6 is 0 Å². The van der Waals surface area contributed by atoms with Gasteiger partial charge in [0.25, 0.3) is 0 Å². The fraction of sp³-hybridized carbons (Fsp3) is 0.300. The predicted molar refractivity (Wildman–Crippen MR) is 55.0 cm³/mol. The Morgan fingerprint density at radius 2 is 2.25 bits per heavy atom. The van der Waals surface area contributed by atoms with Gasteiger partial charge >= 0.3 is 5.97 Å². The van der Waals surface area contributed by atoms with Crippen molar-refractivity contribution in [3.05, 3.63) is 24.0 Å². The van der Waals surface area contributed by atoms with Crippen LogP contribution in [0.5, 0.6) is 5.75 Å². The second-order valence-corrected chi connectivity index (χ2v) is 3.33. The fourth-order valence-corrected chi connectivity index (χ4v) is 0.918. The Hall–Kier alpha value is -2.11. The number of primary amides is 1. The summed E-state index contributed by atoms with van der Waals surface area (Å²) in [6, 6.07) is 1.34. The Bertz CT molecular complexity index is 406. The number of rotatable bonds is 5. The highest BCUT2D eigenvalue weighted by atomic mass is 16.5. The number of amides is 1. The van der Waals surface area contributed by atoms with Gasteiger partial charge in [-0.2, -0.15) is 0 Å².